The Hall–Kier alpha value is -2.34. The van der Waals surface area contributed by atoms with Gasteiger partial charge in [0.05, 0.1) is 7.11 Å². The first kappa shape index (κ1) is 16.1. The molecule has 0 saturated carbocycles. The quantitative estimate of drug-likeness (QED) is 0.852. The third-order valence-electron chi connectivity index (χ3n) is 5.04. The summed E-state index contributed by atoms with van der Waals surface area (Å²) >= 11 is 0. The van der Waals surface area contributed by atoms with E-state index in [0.717, 1.165) is 63.1 Å². The van der Waals surface area contributed by atoms with E-state index in [4.69, 9.17) is 9.47 Å². The molecule has 0 N–H and O–H groups in total. The van der Waals surface area contributed by atoms with Crippen LogP contribution in [0.4, 0.5) is 5.95 Å². The van der Waals surface area contributed by atoms with Crippen molar-refractivity contribution < 1.29 is 9.47 Å². The summed E-state index contributed by atoms with van der Waals surface area (Å²) in [5.41, 5.74) is 1.24. The van der Waals surface area contributed by atoms with Gasteiger partial charge in [-0.3, -0.25) is 4.90 Å². The SMILES string of the molecule is COc1cccc2c1OC[C@H](N1CCCN(c3ncccn3)CC1)C2. The molecule has 2 aliphatic heterocycles. The van der Waals surface area contributed by atoms with Crippen LogP contribution in [-0.4, -0.2) is 60.8 Å². The molecule has 0 unspecified atom stereocenters. The average Bonchev–Trinajstić information content (AvgIpc) is 2.94. The van der Waals surface area contributed by atoms with E-state index in [1.165, 1.54) is 5.56 Å². The average molecular weight is 340 g/mol. The first-order chi connectivity index (χ1) is 12.3. The normalized spacial score (nSPS) is 21.2. The van der Waals surface area contributed by atoms with E-state index in [2.05, 4.69) is 25.8 Å². The molecular formula is C19H24N4O2. The molecule has 132 valence electrons. The molecule has 0 radical (unpaired) electrons. The Morgan fingerprint density at radius 3 is 2.80 bits per heavy atom. The standard InChI is InChI=1S/C19H24N4O2/c1-24-17-6-2-5-15-13-16(14-25-18(15)17)22-9-4-10-23(12-11-22)19-20-7-3-8-21-19/h2-3,5-8,16H,4,9-14H2,1H3/t16-/m1/s1. The van der Waals surface area contributed by atoms with Crippen molar-refractivity contribution in [3.63, 3.8) is 0 Å². The Morgan fingerprint density at radius 1 is 1.08 bits per heavy atom. The zero-order valence-electron chi connectivity index (χ0n) is 14.6. The van der Waals surface area contributed by atoms with Gasteiger partial charge in [-0.05, 0) is 30.5 Å². The number of ether oxygens (including phenoxy) is 2. The van der Waals surface area contributed by atoms with Crippen LogP contribution < -0.4 is 14.4 Å². The van der Waals surface area contributed by atoms with Crippen LogP contribution in [0.3, 0.4) is 0 Å². The molecule has 25 heavy (non-hydrogen) atoms. The Morgan fingerprint density at radius 2 is 1.96 bits per heavy atom. The van der Waals surface area contributed by atoms with Gasteiger partial charge in [-0.1, -0.05) is 12.1 Å². The highest BCUT2D eigenvalue weighted by molar-refractivity contribution is 5.48. The second-order valence-corrected chi connectivity index (χ2v) is 6.54. The van der Waals surface area contributed by atoms with Crippen molar-refractivity contribution in [1.82, 2.24) is 14.9 Å². The molecule has 1 aromatic carbocycles. The largest absolute Gasteiger partial charge is 0.493 e. The summed E-state index contributed by atoms with van der Waals surface area (Å²) in [6, 6.07) is 8.42. The zero-order chi connectivity index (χ0) is 17.1. The third-order valence-corrected chi connectivity index (χ3v) is 5.04. The van der Waals surface area contributed by atoms with Crippen LogP contribution in [0, 0.1) is 0 Å². The highest BCUT2D eigenvalue weighted by Crippen LogP contribution is 2.35. The second kappa shape index (κ2) is 7.27. The lowest BCUT2D eigenvalue weighted by atomic mass is 10.0. The molecule has 2 aliphatic rings. The number of aromatic nitrogens is 2. The topological polar surface area (TPSA) is 50.7 Å². The third kappa shape index (κ3) is 3.39. The maximum absolute atomic E-state index is 6.06. The van der Waals surface area contributed by atoms with Crippen molar-refractivity contribution >= 4 is 5.95 Å². The molecule has 0 spiro atoms. The van der Waals surface area contributed by atoms with Crippen LogP contribution in [0.2, 0.25) is 0 Å². The van der Waals surface area contributed by atoms with Gasteiger partial charge in [0.15, 0.2) is 11.5 Å². The van der Waals surface area contributed by atoms with Gasteiger partial charge in [0.25, 0.3) is 0 Å². The molecule has 6 heteroatoms. The van der Waals surface area contributed by atoms with E-state index in [-0.39, 0.29) is 0 Å². The molecule has 6 nitrogen and oxygen atoms in total. The lowest BCUT2D eigenvalue weighted by molar-refractivity contribution is 0.123. The van der Waals surface area contributed by atoms with Crippen molar-refractivity contribution in [2.24, 2.45) is 0 Å². The molecule has 2 aromatic rings. The number of fused-ring (bicyclic) bond motifs is 1. The summed E-state index contributed by atoms with van der Waals surface area (Å²) in [5.74, 6) is 2.58. The van der Waals surface area contributed by atoms with Crippen LogP contribution in [0.5, 0.6) is 11.5 Å². The number of hydrogen-bond donors (Lipinski definition) is 0. The fraction of sp³-hybridized carbons (Fsp3) is 0.474. The predicted molar refractivity (Wildman–Crippen MR) is 96.4 cm³/mol. The van der Waals surface area contributed by atoms with Crippen LogP contribution >= 0.6 is 0 Å². The summed E-state index contributed by atoms with van der Waals surface area (Å²) < 4.78 is 11.5. The van der Waals surface area contributed by atoms with E-state index < -0.39 is 0 Å². The van der Waals surface area contributed by atoms with Gasteiger partial charge in [0.1, 0.15) is 6.61 Å². The minimum atomic E-state index is 0.413. The highest BCUT2D eigenvalue weighted by Gasteiger charge is 2.28. The van der Waals surface area contributed by atoms with Gasteiger partial charge >= 0.3 is 0 Å². The molecule has 3 heterocycles. The van der Waals surface area contributed by atoms with E-state index in [9.17, 15) is 0 Å². The molecule has 1 aromatic heterocycles. The number of nitrogens with zero attached hydrogens (tertiary/aromatic N) is 4. The van der Waals surface area contributed by atoms with Crippen molar-refractivity contribution in [3.8, 4) is 11.5 Å². The van der Waals surface area contributed by atoms with E-state index in [1.54, 1.807) is 7.11 Å². The fourth-order valence-electron chi connectivity index (χ4n) is 3.73. The lowest BCUT2D eigenvalue weighted by Crippen LogP contribution is -2.45. The van der Waals surface area contributed by atoms with Crippen LogP contribution in [0.1, 0.15) is 12.0 Å². The monoisotopic (exact) mass is 340 g/mol. The Kier molecular flexibility index (Phi) is 4.70. The first-order valence-corrected chi connectivity index (χ1v) is 8.90. The fourth-order valence-corrected chi connectivity index (χ4v) is 3.73. The number of rotatable bonds is 3. The molecule has 0 amide bonds. The van der Waals surface area contributed by atoms with Gasteiger partial charge in [0.2, 0.25) is 5.95 Å². The number of para-hydroxylation sites is 1. The molecule has 1 atom stereocenters. The smallest absolute Gasteiger partial charge is 0.225 e. The Bertz CT molecular complexity index is 710. The Labute approximate surface area is 148 Å². The number of methoxy groups -OCH3 is 1. The van der Waals surface area contributed by atoms with E-state index >= 15 is 0 Å². The minimum Gasteiger partial charge on any atom is -0.493 e. The van der Waals surface area contributed by atoms with Crippen LogP contribution in [-0.2, 0) is 6.42 Å². The van der Waals surface area contributed by atoms with Gasteiger partial charge < -0.3 is 14.4 Å². The highest BCUT2D eigenvalue weighted by atomic mass is 16.5. The molecule has 4 rings (SSSR count). The van der Waals surface area contributed by atoms with Gasteiger partial charge in [0, 0.05) is 44.6 Å². The lowest BCUT2D eigenvalue weighted by Gasteiger charge is -2.34. The zero-order valence-corrected chi connectivity index (χ0v) is 14.6. The second-order valence-electron chi connectivity index (χ2n) is 6.54. The molecule has 1 fully saturated rings. The maximum atomic E-state index is 6.06. The van der Waals surface area contributed by atoms with Gasteiger partial charge in [-0.25, -0.2) is 9.97 Å². The molecule has 1 saturated heterocycles. The van der Waals surface area contributed by atoms with Gasteiger partial charge in [-0.2, -0.15) is 0 Å². The summed E-state index contributed by atoms with van der Waals surface area (Å²) in [6.07, 6.45) is 5.74. The van der Waals surface area contributed by atoms with Crippen LogP contribution in [0.25, 0.3) is 0 Å². The molecule has 0 aliphatic carbocycles. The number of anilines is 1. The molecule has 0 bridgehead atoms. The minimum absolute atomic E-state index is 0.413. The van der Waals surface area contributed by atoms with Crippen molar-refractivity contribution in [3.05, 3.63) is 42.2 Å². The number of hydrogen-bond acceptors (Lipinski definition) is 6. The van der Waals surface area contributed by atoms with Crippen molar-refractivity contribution in [2.75, 3.05) is 44.8 Å². The number of benzene rings is 1. The summed E-state index contributed by atoms with van der Waals surface area (Å²) in [7, 11) is 1.69. The summed E-state index contributed by atoms with van der Waals surface area (Å²) in [6.45, 7) is 4.75. The first-order valence-electron chi connectivity index (χ1n) is 8.90. The van der Waals surface area contributed by atoms with Crippen LogP contribution in [0.15, 0.2) is 36.7 Å². The van der Waals surface area contributed by atoms with Crippen molar-refractivity contribution in [1.29, 1.82) is 0 Å². The van der Waals surface area contributed by atoms with Gasteiger partial charge in [-0.15, -0.1) is 0 Å². The van der Waals surface area contributed by atoms with E-state index in [0.29, 0.717) is 6.04 Å². The summed E-state index contributed by atoms with van der Waals surface area (Å²) in [4.78, 5) is 13.6. The van der Waals surface area contributed by atoms with Crippen molar-refractivity contribution in [2.45, 2.75) is 18.9 Å². The summed E-state index contributed by atoms with van der Waals surface area (Å²) in [5, 5.41) is 0. The van der Waals surface area contributed by atoms with E-state index in [1.807, 2.05) is 30.6 Å². The molecular weight excluding hydrogens is 316 g/mol. The maximum Gasteiger partial charge on any atom is 0.225 e. The Balaban J connectivity index is 1.43. The predicted octanol–water partition coefficient (Wildman–Crippen LogP) is 2.00.